The van der Waals surface area contributed by atoms with Crippen molar-refractivity contribution in [2.75, 3.05) is 20.1 Å². The molecule has 22 heteroatoms. The molecule has 93 heavy (non-hydrogen) atoms. The van der Waals surface area contributed by atoms with Crippen LogP contribution >= 0.6 is 0 Å². The first-order valence-corrected chi connectivity index (χ1v) is 32.6. The monoisotopic (exact) mass is 1280 g/mol. The summed E-state index contributed by atoms with van der Waals surface area (Å²) in [7, 11) is 1.84. The Morgan fingerprint density at radius 3 is 1.33 bits per heavy atom. The lowest BCUT2D eigenvalue weighted by Crippen LogP contribution is -2.34. The molecule has 514 valence electrons. The van der Waals surface area contributed by atoms with Crippen molar-refractivity contribution in [3.8, 4) is 0 Å². The third-order valence-electron chi connectivity index (χ3n) is 11.4. The normalized spacial score (nSPS) is 11.0. The van der Waals surface area contributed by atoms with Gasteiger partial charge in [-0.2, -0.15) is 25.5 Å². The second-order valence-corrected chi connectivity index (χ2v) is 25.4. The van der Waals surface area contributed by atoms with Gasteiger partial charge in [-0.1, -0.05) is 126 Å². The number of imidazole rings is 2. The number of carbonyl (C=O) groups is 1. The highest BCUT2D eigenvalue weighted by Gasteiger charge is 2.26. The summed E-state index contributed by atoms with van der Waals surface area (Å²) in [6.45, 7) is 50.6. The van der Waals surface area contributed by atoms with Crippen LogP contribution in [0.5, 0.6) is 0 Å². The molecule has 9 aromatic heterocycles. The molecule has 0 aliphatic carbocycles. The van der Waals surface area contributed by atoms with Gasteiger partial charge in [0.25, 0.3) is 0 Å². The molecule has 0 spiro atoms. The number of benzene rings is 2. The molecule has 0 saturated carbocycles. The van der Waals surface area contributed by atoms with Crippen LogP contribution < -0.4 is 0 Å². The Hall–Kier alpha value is -8.95. The molecule has 5 N–H and O–H groups in total. The van der Waals surface area contributed by atoms with E-state index in [1.165, 1.54) is 34.5 Å². The minimum absolute atomic E-state index is 0.162. The summed E-state index contributed by atoms with van der Waals surface area (Å²) in [5.41, 5.74) is 2.53. The average Bonchev–Trinajstić information content (AvgIpc) is 1.74. The van der Waals surface area contributed by atoms with Crippen LogP contribution in [0.15, 0.2) is 173 Å². The highest BCUT2D eigenvalue weighted by molar-refractivity contribution is 5.80. The minimum atomic E-state index is 0.162. The standard InChI is InChI=1S/C11H13N.C8H7N.C7H14N2O.2C6H10N2.3C5H9N3.3C4H10.2C3H4N2/c1-9(2)12-8-7-10-5-3-4-6-11(10)12;1-2-4-8-7(3-1)5-6-9-8;1-6(2)9-5-4-8(3)7(9)10;1-6(2)8-4-3-7-5-8;1-6(2)8-5-3-4-7-8;1-5(2)8-4-6-3-7-8;2*1-4(2)5-6-3-7-8-5;3*1-4(2)3;1-2-5-3-4-1;1-2-4-5-3-1/h3-9H,1-2H3;1-6,9H;6H,4-5H2,1-3H3;2*3-6H,1-2H3;3-5H,1-2H3;2*3-4H,1-2H3,(H,6,7,8);3*4H,1-3H3;2*1-3H,(H,4,5). The molecule has 2 aromatic carbocycles. The molecular weight excluding hydrogens is 1160 g/mol. The fraction of sp³-hybridized carbons (Fsp3) is 0.507. The summed E-state index contributed by atoms with van der Waals surface area (Å²) < 4.78 is 8.06. The Balaban J connectivity index is 0.000000999. The van der Waals surface area contributed by atoms with Crippen LogP contribution in [0.2, 0.25) is 0 Å². The number of nitrogens with one attached hydrogen (secondary N) is 5. The van der Waals surface area contributed by atoms with Gasteiger partial charge in [-0.05, 0) is 134 Å². The summed E-state index contributed by atoms with van der Waals surface area (Å²) in [4.78, 5) is 40.0. The Morgan fingerprint density at radius 1 is 0.452 bits per heavy atom. The van der Waals surface area contributed by atoms with Crippen molar-refractivity contribution in [3.05, 3.63) is 184 Å². The second kappa shape index (κ2) is 50.7. The number of nitrogens with zero attached hydrogens (tertiary/aromatic N) is 16. The maximum atomic E-state index is 11.2. The van der Waals surface area contributed by atoms with Crippen molar-refractivity contribution in [1.29, 1.82) is 0 Å². The zero-order chi connectivity index (χ0) is 70.1. The first-order chi connectivity index (χ1) is 44.1. The van der Waals surface area contributed by atoms with E-state index in [0.717, 1.165) is 42.5 Å². The molecule has 11 aromatic rings. The number of H-pyrrole nitrogens is 5. The predicted octanol–water partition coefficient (Wildman–Crippen LogP) is 17.6. The van der Waals surface area contributed by atoms with Gasteiger partial charge in [0.1, 0.15) is 37.0 Å². The largest absolute Gasteiger partial charge is 0.361 e. The lowest BCUT2D eigenvalue weighted by Gasteiger charge is -2.19. The molecule has 10 heterocycles. The Bertz CT molecular complexity index is 2910. The van der Waals surface area contributed by atoms with Crippen molar-refractivity contribution >= 4 is 27.8 Å². The smallest absolute Gasteiger partial charge is 0.320 e. The number of amides is 2. The summed E-state index contributed by atoms with van der Waals surface area (Å²) in [5.74, 6) is 5.31. The van der Waals surface area contributed by atoms with E-state index in [-0.39, 0.29) is 6.03 Å². The van der Waals surface area contributed by atoms with Crippen LogP contribution in [-0.4, -0.2) is 136 Å². The van der Waals surface area contributed by atoms with Crippen LogP contribution in [0, 0.1) is 17.8 Å². The summed E-state index contributed by atoms with van der Waals surface area (Å²) in [6, 6.07) is 27.2. The van der Waals surface area contributed by atoms with Gasteiger partial charge in [0.15, 0.2) is 0 Å². The third kappa shape index (κ3) is 41.9. The number of carbonyl (C=O) groups excluding carboxylic acids is 1. The number of hydrogen-bond acceptors (Lipinski definition) is 11. The zero-order valence-corrected chi connectivity index (χ0v) is 60.9. The topological polar surface area (TPSA) is 251 Å². The van der Waals surface area contributed by atoms with Crippen LogP contribution in [0.1, 0.15) is 207 Å². The Labute approximate surface area is 557 Å². The van der Waals surface area contributed by atoms with Crippen molar-refractivity contribution in [2.45, 2.75) is 201 Å². The van der Waals surface area contributed by atoms with E-state index in [1.807, 2.05) is 79.7 Å². The van der Waals surface area contributed by atoms with Crippen molar-refractivity contribution in [1.82, 2.24) is 104 Å². The van der Waals surface area contributed by atoms with Gasteiger partial charge >= 0.3 is 6.03 Å². The molecule has 1 saturated heterocycles. The maximum absolute atomic E-state index is 11.2. The van der Waals surface area contributed by atoms with Crippen LogP contribution in [0.25, 0.3) is 21.8 Å². The lowest BCUT2D eigenvalue weighted by atomic mass is 10.2. The van der Waals surface area contributed by atoms with E-state index in [0.29, 0.717) is 42.0 Å². The van der Waals surface area contributed by atoms with Gasteiger partial charge in [-0.3, -0.25) is 24.7 Å². The van der Waals surface area contributed by atoms with Gasteiger partial charge in [0.05, 0.1) is 12.7 Å². The van der Waals surface area contributed by atoms with E-state index in [4.69, 9.17) is 0 Å². The maximum Gasteiger partial charge on any atom is 0.320 e. The Morgan fingerprint density at radius 2 is 1.03 bits per heavy atom. The molecule has 0 unspecified atom stereocenters. The molecule has 22 nitrogen and oxygen atoms in total. The number of aromatic nitrogens is 19. The van der Waals surface area contributed by atoms with E-state index >= 15 is 0 Å². The first-order valence-electron chi connectivity index (χ1n) is 32.6. The van der Waals surface area contributed by atoms with Crippen molar-refractivity contribution < 1.29 is 4.79 Å². The highest BCUT2D eigenvalue weighted by Crippen LogP contribution is 2.19. The quantitative estimate of drug-likeness (QED) is 0.100. The number of rotatable bonds is 7. The van der Waals surface area contributed by atoms with Crippen LogP contribution in [-0.2, 0) is 0 Å². The van der Waals surface area contributed by atoms with Crippen LogP contribution in [0.3, 0.4) is 0 Å². The molecule has 0 atom stereocenters. The van der Waals surface area contributed by atoms with E-state index in [2.05, 4.69) is 285 Å². The molecule has 1 aliphatic rings. The Kier molecular flexibility index (Phi) is 45.8. The number of para-hydroxylation sites is 2. The SMILES string of the molecule is CC(C)C.CC(C)C.CC(C)C.CC(C)N1CCN(C)C1=O.CC(C)c1ncn[nH]1.CC(C)c1ncn[nH]1.CC(C)n1ccc2ccccc21.CC(C)n1cccn1.CC(C)n1ccnc1.CC(C)n1cncn1.c1c[nH]cn1.c1ccc2[nH]ccc2c1.c1cn[nH]c1. The van der Waals surface area contributed by atoms with Gasteiger partial charge in [-0.25, -0.2) is 29.7 Å². The summed E-state index contributed by atoms with van der Waals surface area (Å²) in [5, 5.41) is 29.7. The van der Waals surface area contributed by atoms with Gasteiger partial charge < -0.3 is 28.9 Å². The number of likely N-dealkylation sites (N-methyl/N-ethyl adjacent to an activating group) is 1. The zero-order valence-electron chi connectivity index (χ0n) is 60.9. The fourth-order valence-electron chi connectivity index (χ4n) is 6.76. The number of aromatic amines is 5. The average molecular weight is 1280 g/mol. The fourth-order valence-corrected chi connectivity index (χ4v) is 6.76. The highest BCUT2D eigenvalue weighted by atomic mass is 16.2. The van der Waals surface area contributed by atoms with Crippen molar-refractivity contribution in [3.63, 3.8) is 0 Å². The van der Waals surface area contributed by atoms with Crippen LogP contribution in [0.4, 0.5) is 4.79 Å². The molecular formula is C71H119N21O. The minimum Gasteiger partial charge on any atom is -0.361 e. The predicted molar refractivity (Wildman–Crippen MR) is 386 cm³/mol. The van der Waals surface area contributed by atoms with Gasteiger partial charge in [0, 0.05) is 135 Å². The van der Waals surface area contributed by atoms with E-state index in [1.54, 1.807) is 65.7 Å². The van der Waals surface area contributed by atoms with Gasteiger partial charge in [0.2, 0.25) is 0 Å². The summed E-state index contributed by atoms with van der Waals surface area (Å²) >= 11 is 0. The van der Waals surface area contributed by atoms with E-state index in [9.17, 15) is 4.79 Å². The molecule has 0 bridgehead atoms. The van der Waals surface area contributed by atoms with E-state index < -0.39 is 0 Å². The first kappa shape index (κ1) is 84.0. The van der Waals surface area contributed by atoms with Crippen molar-refractivity contribution in [2.24, 2.45) is 17.8 Å². The summed E-state index contributed by atoms with van der Waals surface area (Å²) in [6.07, 6.45) is 28.3. The van der Waals surface area contributed by atoms with Gasteiger partial charge in [-0.15, -0.1) is 0 Å². The number of hydrogen-bond donors (Lipinski definition) is 5. The molecule has 1 fully saturated rings. The lowest BCUT2D eigenvalue weighted by molar-refractivity contribution is 0.189. The molecule has 12 rings (SSSR count). The molecule has 0 radical (unpaired) electrons. The molecule has 1 aliphatic heterocycles. The third-order valence-corrected chi connectivity index (χ3v) is 11.4. The second-order valence-electron chi connectivity index (χ2n) is 25.4. The number of fused-ring (bicyclic) bond motifs is 2. The number of urea groups is 1. The molecule has 2 amide bonds.